The number of aromatic nitrogens is 2. The van der Waals surface area contributed by atoms with Gasteiger partial charge < -0.3 is 15.0 Å². The van der Waals surface area contributed by atoms with Gasteiger partial charge in [-0.2, -0.15) is 0 Å². The van der Waals surface area contributed by atoms with Crippen molar-refractivity contribution in [3.05, 3.63) is 53.2 Å². The highest BCUT2D eigenvalue weighted by Gasteiger charge is 2.20. The lowest BCUT2D eigenvalue weighted by Gasteiger charge is -2.19. The normalized spacial score (nSPS) is 15.5. The molecule has 1 N–H and O–H groups in total. The molecule has 1 aliphatic rings. The molecule has 1 saturated heterocycles. The number of nitrogens with zero attached hydrogens (tertiary/aromatic N) is 3. The minimum atomic E-state index is -0.529. The smallest absolute Gasteiger partial charge is 0.358 e. The Kier molecular flexibility index (Phi) is 6.34. The van der Waals surface area contributed by atoms with Crippen LogP contribution in [0.1, 0.15) is 47.4 Å². The van der Waals surface area contributed by atoms with Crippen LogP contribution >= 0.6 is 0 Å². The van der Waals surface area contributed by atoms with Crippen molar-refractivity contribution in [3.8, 4) is 0 Å². The first kappa shape index (κ1) is 19.2. The zero-order chi connectivity index (χ0) is 19.2. The van der Waals surface area contributed by atoms with Crippen molar-refractivity contribution < 1.29 is 13.9 Å². The molecule has 1 aromatic carbocycles. The number of methoxy groups -OCH3 is 1. The number of carbonyl (C=O) groups is 1. The van der Waals surface area contributed by atoms with Crippen LogP contribution in [-0.4, -0.2) is 54.1 Å². The van der Waals surface area contributed by atoms with Crippen molar-refractivity contribution in [1.82, 2.24) is 14.9 Å². The van der Waals surface area contributed by atoms with Gasteiger partial charge in [0.25, 0.3) is 0 Å². The third-order valence-corrected chi connectivity index (χ3v) is 4.89. The van der Waals surface area contributed by atoms with E-state index in [1.807, 2.05) is 6.92 Å². The van der Waals surface area contributed by atoms with Gasteiger partial charge in [0.05, 0.1) is 19.0 Å². The van der Waals surface area contributed by atoms with Crippen molar-refractivity contribution in [3.63, 3.8) is 0 Å². The molecule has 0 unspecified atom stereocenters. The Morgan fingerprint density at radius 2 is 2.00 bits per heavy atom. The number of rotatable bonds is 7. The van der Waals surface area contributed by atoms with Crippen LogP contribution in [0.5, 0.6) is 0 Å². The van der Waals surface area contributed by atoms with Gasteiger partial charge in [0.15, 0.2) is 5.69 Å². The SMILES string of the molecule is COC(=O)c1cnc(NCCN2CCCC2)c([C@H](C)c2ccc(F)cc2)n1. The number of likely N-dealkylation sites (tertiary alicyclic amines) is 1. The molecule has 2 heterocycles. The average molecular weight is 372 g/mol. The van der Waals surface area contributed by atoms with E-state index in [2.05, 4.69) is 20.2 Å². The number of benzene rings is 1. The summed E-state index contributed by atoms with van der Waals surface area (Å²) in [5.74, 6) is -0.335. The molecule has 6 nitrogen and oxygen atoms in total. The monoisotopic (exact) mass is 372 g/mol. The summed E-state index contributed by atoms with van der Waals surface area (Å²) < 4.78 is 18.0. The standard InChI is InChI=1S/C20H25FN4O2/c1-14(15-5-7-16(21)8-6-15)18-19(22-9-12-25-10-3-4-11-25)23-13-17(24-18)20(26)27-2/h5-8,13-14H,3-4,9-12H2,1-2H3,(H,22,23)/t14-/m1/s1. The first-order chi connectivity index (χ1) is 13.1. The molecule has 0 aliphatic carbocycles. The van der Waals surface area contributed by atoms with E-state index in [9.17, 15) is 9.18 Å². The summed E-state index contributed by atoms with van der Waals surface area (Å²) in [6, 6.07) is 6.29. The molecule has 1 atom stereocenters. The molecular weight excluding hydrogens is 347 g/mol. The number of hydrogen-bond donors (Lipinski definition) is 1. The Labute approximate surface area is 158 Å². The second-order valence-corrected chi connectivity index (χ2v) is 6.73. The summed E-state index contributed by atoms with van der Waals surface area (Å²) in [4.78, 5) is 23.2. The highest BCUT2D eigenvalue weighted by Crippen LogP contribution is 2.27. The Morgan fingerprint density at radius 3 is 2.67 bits per heavy atom. The lowest BCUT2D eigenvalue weighted by Crippen LogP contribution is -2.26. The first-order valence-electron chi connectivity index (χ1n) is 9.25. The van der Waals surface area contributed by atoms with E-state index in [-0.39, 0.29) is 17.4 Å². The number of hydrogen-bond acceptors (Lipinski definition) is 6. The predicted octanol–water partition coefficient (Wildman–Crippen LogP) is 3.06. The molecule has 1 fully saturated rings. The number of esters is 1. The van der Waals surface area contributed by atoms with E-state index in [1.54, 1.807) is 12.1 Å². The maximum absolute atomic E-state index is 13.3. The van der Waals surface area contributed by atoms with Crippen molar-refractivity contribution >= 4 is 11.8 Å². The van der Waals surface area contributed by atoms with Crippen LogP contribution in [0.2, 0.25) is 0 Å². The van der Waals surface area contributed by atoms with Crippen LogP contribution in [0.3, 0.4) is 0 Å². The highest BCUT2D eigenvalue weighted by atomic mass is 19.1. The maximum Gasteiger partial charge on any atom is 0.358 e. The molecular formula is C20H25FN4O2. The fourth-order valence-electron chi connectivity index (χ4n) is 3.29. The number of anilines is 1. The molecule has 3 rings (SSSR count). The second kappa shape index (κ2) is 8.90. The van der Waals surface area contributed by atoms with E-state index in [0.29, 0.717) is 11.5 Å². The Hall–Kier alpha value is -2.54. The van der Waals surface area contributed by atoms with E-state index in [0.717, 1.165) is 31.7 Å². The van der Waals surface area contributed by atoms with Crippen molar-refractivity contribution in [2.75, 3.05) is 38.6 Å². The van der Waals surface area contributed by atoms with Gasteiger partial charge in [-0.1, -0.05) is 19.1 Å². The fraction of sp³-hybridized carbons (Fsp3) is 0.450. The Morgan fingerprint density at radius 1 is 1.30 bits per heavy atom. The van der Waals surface area contributed by atoms with Crippen LogP contribution in [-0.2, 0) is 4.74 Å². The molecule has 1 aliphatic heterocycles. The van der Waals surface area contributed by atoms with Crippen molar-refractivity contribution in [2.24, 2.45) is 0 Å². The average Bonchev–Trinajstić information content (AvgIpc) is 3.21. The van der Waals surface area contributed by atoms with Gasteiger partial charge in [0.1, 0.15) is 11.6 Å². The molecule has 1 aromatic heterocycles. The topological polar surface area (TPSA) is 67.3 Å². The van der Waals surface area contributed by atoms with Gasteiger partial charge in [-0.15, -0.1) is 0 Å². The number of carbonyl (C=O) groups excluding carboxylic acids is 1. The van der Waals surface area contributed by atoms with Crippen LogP contribution in [0.15, 0.2) is 30.5 Å². The van der Waals surface area contributed by atoms with E-state index in [4.69, 9.17) is 4.74 Å². The molecule has 144 valence electrons. The molecule has 2 aromatic rings. The van der Waals surface area contributed by atoms with Crippen LogP contribution in [0, 0.1) is 5.82 Å². The molecule has 0 bridgehead atoms. The zero-order valence-corrected chi connectivity index (χ0v) is 15.7. The molecule has 7 heteroatoms. The van der Waals surface area contributed by atoms with Gasteiger partial charge >= 0.3 is 5.97 Å². The summed E-state index contributed by atoms with van der Waals surface area (Å²) >= 11 is 0. The summed E-state index contributed by atoms with van der Waals surface area (Å²) in [5.41, 5.74) is 1.70. The van der Waals surface area contributed by atoms with E-state index < -0.39 is 5.97 Å². The van der Waals surface area contributed by atoms with E-state index >= 15 is 0 Å². The fourth-order valence-corrected chi connectivity index (χ4v) is 3.29. The van der Waals surface area contributed by atoms with Crippen LogP contribution < -0.4 is 5.32 Å². The molecule has 0 amide bonds. The minimum absolute atomic E-state index is 0.156. The second-order valence-electron chi connectivity index (χ2n) is 6.73. The zero-order valence-electron chi connectivity index (χ0n) is 15.7. The van der Waals surface area contributed by atoms with Gasteiger partial charge in [0.2, 0.25) is 0 Å². The third kappa shape index (κ3) is 4.80. The van der Waals surface area contributed by atoms with Gasteiger partial charge in [-0.05, 0) is 43.6 Å². The van der Waals surface area contributed by atoms with Gasteiger partial charge in [-0.25, -0.2) is 19.2 Å². The molecule has 0 radical (unpaired) electrons. The number of nitrogens with one attached hydrogen (secondary N) is 1. The first-order valence-corrected chi connectivity index (χ1v) is 9.25. The lowest BCUT2D eigenvalue weighted by atomic mass is 9.97. The predicted molar refractivity (Wildman–Crippen MR) is 101 cm³/mol. The Bertz CT molecular complexity index is 776. The van der Waals surface area contributed by atoms with Crippen molar-refractivity contribution in [1.29, 1.82) is 0 Å². The Balaban J connectivity index is 1.82. The number of halogens is 1. The third-order valence-electron chi connectivity index (χ3n) is 4.89. The molecule has 27 heavy (non-hydrogen) atoms. The minimum Gasteiger partial charge on any atom is -0.464 e. The number of ether oxygens (including phenoxy) is 1. The molecule has 0 saturated carbocycles. The van der Waals surface area contributed by atoms with Gasteiger partial charge in [0, 0.05) is 19.0 Å². The molecule has 0 spiro atoms. The summed E-state index contributed by atoms with van der Waals surface area (Å²) in [6.07, 6.45) is 3.92. The van der Waals surface area contributed by atoms with Gasteiger partial charge in [-0.3, -0.25) is 0 Å². The lowest BCUT2D eigenvalue weighted by molar-refractivity contribution is 0.0593. The largest absolute Gasteiger partial charge is 0.464 e. The summed E-state index contributed by atoms with van der Waals surface area (Å²) in [5, 5.41) is 3.34. The quantitative estimate of drug-likeness (QED) is 0.754. The maximum atomic E-state index is 13.3. The highest BCUT2D eigenvalue weighted by molar-refractivity contribution is 5.87. The van der Waals surface area contributed by atoms with Crippen LogP contribution in [0.25, 0.3) is 0 Å². The summed E-state index contributed by atoms with van der Waals surface area (Å²) in [7, 11) is 1.31. The summed E-state index contributed by atoms with van der Waals surface area (Å²) in [6.45, 7) is 5.91. The van der Waals surface area contributed by atoms with E-state index in [1.165, 1.54) is 38.3 Å². The van der Waals surface area contributed by atoms with Crippen LogP contribution in [0.4, 0.5) is 10.2 Å². The van der Waals surface area contributed by atoms with Crippen molar-refractivity contribution in [2.45, 2.75) is 25.7 Å².